The minimum Gasteiger partial charge on any atom is -0.508 e. The number of hydrogen-bond donors (Lipinski definition) is 2. The first-order chi connectivity index (χ1) is 10.3. The monoisotopic (exact) mass is 279 g/mol. The predicted molar refractivity (Wildman–Crippen MR) is 83.2 cm³/mol. The summed E-state index contributed by atoms with van der Waals surface area (Å²) in [5.74, 6) is 0.317. The van der Waals surface area contributed by atoms with Crippen LogP contribution in [0.25, 0.3) is 0 Å². The molecule has 2 aromatic carbocycles. The van der Waals surface area contributed by atoms with Crippen molar-refractivity contribution in [2.24, 2.45) is 0 Å². The lowest BCUT2D eigenvalue weighted by Crippen LogP contribution is -2.02. The largest absolute Gasteiger partial charge is 0.508 e. The Hall–Kier alpha value is -2.75. The summed E-state index contributed by atoms with van der Waals surface area (Å²) in [5, 5.41) is 17.3. The fourth-order valence-corrected chi connectivity index (χ4v) is 2.22. The van der Waals surface area contributed by atoms with Gasteiger partial charge in [0, 0.05) is 30.2 Å². The third-order valence-corrected chi connectivity index (χ3v) is 3.31. The molecule has 3 rings (SSSR count). The van der Waals surface area contributed by atoms with Crippen LogP contribution in [0.2, 0.25) is 0 Å². The maximum atomic E-state index is 9.76. The number of phenols is 1. The quantitative estimate of drug-likeness (QED) is 0.753. The van der Waals surface area contributed by atoms with E-state index in [0.717, 1.165) is 17.8 Å². The van der Waals surface area contributed by atoms with Crippen molar-refractivity contribution in [3.05, 3.63) is 78.1 Å². The first kappa shape index (κ1) is 13.2. The molecule has 3 aromatic rings. The van der Waals surface area contributed by atoms with Crippen molar-refractivity contribution in [1.82, 2.24) is 9.78 Å². The predicted octanol–water partition coefficient (Wildman–Crippen LogP) is 3.25. The summed E-state index contributed by atoms with van der Waals surface area (Å²) < 4.78 is 1.89. The number of aromatic nitrogens is 2. The van der Waals surface area contributed by atoms with Gasteiger partial charge in [-0.15, -0.1) is 0 Å². The summed E-state index contributed by atoms with van der Waals surface area (Å²) in [4.78, 5) is 0. The van der Waals surface area contributed by atoms with Gasteiger partial charge in [-0.05, 0) is 29.8 Å². The molecule has 0 bridgehead atoms. The summed E-state index contributed by atoms with van der Waals surface area (Å²) in [6.45, 7) is 1.34. The van der Waals surface area contributed by atoms with Crippen LogP contribution in [0.3, 0.4) is 0 Å². The highest BCUT2D eigenvalue weighted by Crippen LogP contribution is 2.18. The van der Waals surface area contributed by atoms with Crippen molar-refractivity contribution < 1.29 is 5.11 Å². The first-order valence-electron chi connectivity index (χ1n) is 6.88. The molecule has 21 heavy (non-hydrogen) atoms. The fourth-order valence-electron chi connectivity index (χ4n) is 2.22. The van der Waals surface area contributed by atoms with E-state index in [-0.39, 0.29) is 0 Å². The van der Waals surface area contributed by atoms with E-state index < -0.39 is 0 Å². The molecule has 4 heteroatoms. The van der Waals surface area contributed by atoms with Gasteiger partial charge in [0.25, 0.3) is 0 Å². The Morgan fingerprint density at radius 1 is 1.05 bits per heavy atom. The highest BCUT2D eigenvalue weighted by Gasteiger charge is 2.01. The average Bonchev–Trinajstić information content (AvgIpc) is 3.00. The highest BCUT2D eigenvalue weighted by molar-refractivity contribution is 5.47. The Morgan fingerprint density at radius 3 is 2.76 bits per heavy atom. The van der Waals surface area contributed by atoms with Gasteiger partial charge in [-0.25, -0.2) is 0 Å². The Balaban J connectivity index is 1.67. The van der Waals surface area contributed by atoms with Crippen LogP contribution in [0.5, 0.6) is 5.75 Å². The van der Waals surface area contributed by atoms with Crippen LogP contribution in [0.4, 0.5) is 5.69 Å². The van der Waals surface area contributed by atoms with Gasteiger partial charge in [-0.2, -0.15) is 5.10 Å². The summed E-state index contributed by atoms with van der Waals surface area (Å²) in [7, 11) is 0. The molecule has 1 heterocycles. The molecule has 1 aromatic heterocycles. The Bertz CT molecular complexity index is 708. The molecule has 0 amide bonds. The lowest BCUT2D eigenvalue weighted by atomic mass is 10.1. The molecule has 0 unspecified atom stereocenters. The van der Waals surface area contributed by atoms with E-state index in [0.29, 0.717) is 12.3 Å². The van der Waals surface area contributed by atoms with E-state index in [1.165, 1.54) is 5.56 Å². The normalized spacial score (nSPS) is 10.5. The van der Waals surface area contributed by atoms with Crippen molar-refractivity contribution in [3.63, 3.8) is 0 Å². The van der Waals surface area contributed by atoms with Gasteiger partial charge in [0.2, 0.25) is 0 Å². The lowest BCUT2D eigenvalue weighted by Gasteiger charge is -2.10. The number of para-hydroxylation sites is 1. The number of hydrogen-bond acceptors (Lipinski definition) is 3. The van der Waals surface area contributed by atoms with Gasteiger partial charge in [0.15, 0.2) is 0 Å². The zero-order chi connectivity index (χ0) is 14.5. The third kappa shape index (κ3) is 3.42. The number of anilines is 1. The Kier molecular flexibility index (Phi) is 3.87. The number of benzene rings is 2. The van der Waals surface area contributed by atoms with Crippen LogP contribution < -0.4 is 5.32 Å². The maximum Gasteiger partial charge on any atom is 0.120 e. The molecule has 0 saturated carbocycles. The zero-order valence-electron chi connectivity index (χ0n) is 11.6. The molecule has 4 nitrogen and oxygen atoms in total. The number of nitrogens with one attached hydrogen (secondary N) is 1. The van der Waals surface area contributed by atoms with E-state index >= 15 is 0 Å². The number of aromatic hydroxyl groups is 1. The Morgan fingerprint density at radius 2 is 1.95 bits per heavy atom. The molecule has 0 saturated heterocycles. The van der Waals surface area contributed by atoms with Gasteiger partial charge in [-0.1, -0.05) is 30.3 Å². The summed E-state index contributed by atoms with van der Waals surface area (Å²) in [6.07, 6.45) is 3.72. The van der Waals surface area contributed by atoms with Crippen molar-refractivity contribution in [2.75, 3.05) is 5.32 Å². The summed E-state index contributed by atoms with van der Waals surface area (Å²) in [5.41, 5.74) is 3.10. The zero-order valence-corrected chi connectivity index (χ0v) is 11.6. The molecule has 0 aliphatic carbocycles. The number of nitrogens with zero attached hydrogens (tertiary/aromatic N) is 2. The van der Waals surface area contributed by atoms with E-state index in [9.17, 15) is 5.11 Å². The molecule has 0 spiro atoms. The minimum absolute atomic E-state index is 0.317. The topological polar surface area (TPSA) is 50.1 Å². The van der Waals surface area contributed by atoms with Crippen LogP contribution in [0.15, 0.2) is 67.0 Å². The summed E-state index contributed by atoms with van der Waals surface area (Å²) >= 11 is 0. The van der Waals surface area contributed by atoms with E-state index in [2.05, 4.69) is 22.5 Å². The first-order valence-corrected chi connectivity index (χ1v) is 6.88. The molecule has 0 atom stereocenters. The lowest BCUT2D eigenvalue weighted by molar-refractivity contribution is 0.469. The third-order valence-electron chi connectivity index (χ3n) is 3.31. The van der Waals surface area contributed by atoms with Crippen molar-refractivity contribution in [2.45, 2.75) is 13.1 Å². The molecule has 0 aliphatic rings. The van der Waals surface area contributed by atoms with Crippen LogP contribution in [0, 0.1) is 0 Å². The second-order valence-electron chi connectivity index (χ2n) is 4.89. The maximum absolute atomic E-state index is 9.76. The van der Waals surface area contributed by atoms with E-state index in [4.69, 9.17) is 0 Å². The molecular formula is C17H17N3O. The second kappa shape index (κ2) is 6.13. The smallest absolute Gasteiger partial charge is 0.120 e. The van der Waals surface area contributed by atoms with Gasteiger partial charge in [0.05, 0.1) is 6.54 Å². The molecule has 106 valence electrons. The van der Waals surface area contributed by atoms with Crippen molar-refractivity contribution in [1.29, 1.82) is 0 Å². The van der Waals surface area contributed by atoms with Gasteiger partial charge in [0.1, 0.15) is 5.75 Å². The Labute approximate surface area is 123 Å². The molecule has 2 N–H and O–H groups in total. The highest BCUT2D eigenvalue weighted by atomic mass is 16.3. The molecule has 0 fully saturated rings. The molecule has 0 aliphatic heterocycles. The standard InChI is InChI=1S/C17H17N3O/c21-17-8-2-1-6-15(17)12-18-16-7-3-5-14(11-16)13-20-10-4-9-19-20/h1-11,18,21H,12-13H2. The second-order valence-corrected chi connectivity index (χ2v) is 4.89. The van der Waals surface area contributed by atoms with Crippen LogP contribution >= 0.6 is 0 Å². The molecular weight excluding hydrogens is 262 g/mol. The van der Waals surface area contributed by atoms with Crippen molar-refractivity contribution >= 4 is 5.69 Å². The number of phenolic OH excluding ortho intramolecular Hbond substituents is 1. The average molecular weight is 279 g/mol. The van der Waals surface area contributed by atoms with Crippen LogP contribution in [-0.2, 0) is 13.1 Å². The van der Waals surface area contributed by atoms with Gasteiger partial charge < -0.3 is 10.4 Å². The molecule has 0 radical (unpaired) electrons. The van der Waals surface area contributed by atoms with Gasteiger partial charge in [-0.3, -0.25) is 4.68 Å². The fraction of sp³-hybridized carbons (Fsp3) is 0.118. The van der Waals surface area contributed by atoms with E-state index in [1.807, 2.05) is 47.3 Å². The van der Waals surface area contributed by atoms with Crippen molar-refractivity contribution in [3.8, 4) is 5.75 Å². The van der Waals surface area contributed by atoms with Gasteiger partial charge >= 0.3 is 0 Å². The minimum atomic E-state index is 0.317. The SMILES string of the molecule is Oc1ccccc1CNc1cccc(Cn2cccn2)c1. The summed E-state index contributed by atoms with van der Waals surface area (Å²) in [6, 6.07) is 17.5. The van der Waals surface area contributed by atoms with Crippen LogP contribution in [0.1, 0.15) is 11.1 Å². The van der Waals surface area contributed by atoms with E-state index in [1.54, 1.807) is 12.3 Å². The van der Waals surface area contributed by atoms with Crippen LogP contribution in [-0.4, -0.2) is 14.9 Å². The number of rotatable bonds is 5.